The van der Waals surface area contributed by atoms with Crippen LogP contribution >= 0.6 is 0 Å². The Balaban J connectivity index is 1.24. The van der Waals surface area contributed by atoms with Gasteiger partial charge in [0.1, 0.15) is 5.75 Å². The van der Waals surface area contributed by atoms with Crippen LogP contribution in [0.25, 0.3) is 0 Å². The summed E-state index contributed by atoms with van der Waals surface area (Å²) >= 11 is 0. The van der Waals surface area contributed by atoms with Gasteiger partial charge in [0.2, 0.25) is 18.6 Å². The Morgan fingerprint density at radius 3 is 2.43 bits per heavy atom. The van der Waals surface area contributed by atoms with E-state index in [1.54, 1.807) is 0 Å². The maximum absolute atomic E-state index is 13.0. The fourth-order valence-electron chi connectivity index (χ4n) is 4.56. The van der Waals surface area contributed by atoms with E-state index in [0.29, 0.717) is 37.7 Å². The Kier molecular flexibility index (Phi) is 4.83. The molecule has 2 aromatic rings. The third-order valence-electron chi connectivity index (χ3n) is 5.96. The Morgan fingerprint density at radius 1 is 0.933 bits per heavy atom. The Labute approximate surface area is 175 Å². The van der Waals surface area contributed by atoms with E-state index in [1.165, 1.54) is 4.90 Å². The van der Waals surface area contributed by atoms with E-state index in [0.717, 1.165) is 16.9 Å². The van der Waals surface area contributed by atoms with Crippen molar-refractivity contribution in [3.63, 3.8) is 0 Å². The summed E-state index contributed by atoms with van der Waals surface area (Å²) in [6.45, 7) is 4.97. The molecule has 2 amide bonds. The maximum Gasteiger partial charge on any atom is 0.234 e. The number of fused-ring (bicyclic) bond motifs is 2. The third kappa shape index (κ3) is 3.39. The van der Waals surface area contributed by atoms with Gasteiger partial charge in [-0.1, -0.05) is 18.2 Å². The summed E-state index contributed by atoms with van der Waals surface area (Å²) in [4.78, 5) is 29.5. The average molecular weight is 408 g/mol. The zero-order valence-electron chi connectivity index (χ0n) is 16.9. The molecular formula is C23H24N2O5. The van der Waals surface area contributed by atoms with Crippen LogP contribution in [0.4, 0.5) is 0 Å². The van der Waals surface area contributed by atoms with E-state index in [1.807, 2.05) is 49.4 Å². The van der Waals surface area contributed by atoms with Crippen LogP contribution in [0.3, 0.4) is 0 Å². The van der Waals surface area contributed by atoms with Gasteiger partial charge >= 0.3 is 0 Å². The Morgan fingerprint density at radius 2 is 1.67 bits per heavy atom. The molecule has 5 rings (SSSR count). The minimum absolute atomic E-state index is 0.0757. The topological polar surface area (TPSA) is 68.3 Å². The van der Waals surface area contributed by atoms with Crippen molar-refractivity contribution in [3.05, 3.63) is 53.6 Å². The molecule has 0 saturated carbocycles. The molecule has 7 heteroatoms. The Bertz CT molecular complexity index is 967. The van der Waals surface area contributed by atoms with Crippen LogP contribution in [0, 0.1) is 11.8 Å². The molecule has 2 aromatic carbocycles. The van der Waals surface area contributed by atoms with Gasteiger partial charge in [0.25, 0.3) is 0 Å². The first-order chi connectivity index (χ1) is 14.6. The molecule has 3 aliphatic rings. The first-order valence-electron chi connectivity index (χ1n) is 10.3. The van der Waals surface area contributed by atoms with Crippen molar-refractivity contribution in [2.45, 2.75) is 20.0 Å². The molecule has 156 valence electrons. The fourth-order valence-corrected chi connectivity index (χ4v) is 4.56. The highest BCUT2D eigenvalue weighted by Crippen LogP contribution is 2.37. The summed E-state index contributed by atoms with van der Waals surface area (Å²) in [6.07, 6.45) is 0. The van der Waals surface area contributed by atoms with E-state index in [4.69, 9.17) is 14.2 Å². The van der Waals surface area contributed by atoms with Gasteiger partial charge in [-0.05, 0) is 42.3 Å². The zero-order valence-corrected chi connectivity index (χ0v) is 16.9. The number of hydrogen-bond acceptors (Lipinski definition) is 6. The third-order valence-corrected chi connectivity index (χ3v) is 5.96. The van der Waals surface area contributed by atoms with Crippen molar-refractivity contribution in [1.82, 2.24) is 9.80 Å². The van der Waals surface area contributed by atoms with E-state index in [2.05, 4.69) is 4.90 Å². The summed E-state index contributed by atoms with van der Waals surface area (Å²) in [6, 6.07) is 13.5. The van der Waals surface area contributed by atoms with Crippen molar-refractivity contribution in [3.8, 4) is 17.2 Å². The lowest BCUT2D eigenvalue weighted by molar-refractivity contribution is -0.141. The van der Waals surface area contributed by atoms with Gasteiger partial charge in [0.05, 0.1) is 25.0 Å². The molecular weight excluding hydrogens is 384 g/mol. The number of likely N-dealkylation sites (tertiary alicyclic amines) is 2. The average Bonchev–Trinajstić information content (AvgIpc) is 3.42. The molecule has 30 heavy (non-hydrogen) atoms. The summed E-state index contributed by atoms with van der Waals surface area (Å²) < 4.78 is 16.3. The minimum atomic E-state index is -0.262. The first-order valence-corrected chi connectivity index (χ1v) is 10.3. The lowest BCUT2D eigenvalue weighted by Crippen LogP contribution is -2.35. The highest BCUT2D eigenvalue weighted by molar-refractivity contribution is 6.05. The number of benzene rings is 2. The van der Waals surface area contributed by atoms with Crippen molar-refractivity contribution < 1.29 is 23.8 Å². The molecule has 3 heterocycles. The van der Waals surface area contributed by atoms with Crippen molar-refractivity contribution >= 4 is 11.8 Å². The Hall–Kier alpha value is -3.06. The number of nitrogens with zero attached hydrogens (tertiary/aromatic N) is 2. The summed E-state index contributed by atoms with van der Waals surface area (Å²) in [5.74, 6) is 1.52. The van der Waals surface area contributed by atoms with Crippen molar-refractivity contribution in [1.29, 1.82) is 0 Å². The summed E-state index contributed by atoms with van der Waals surface area (Å²) in [5, 5.41) is 0. The standard InChI is InChI=1S/C23H24N2O5/c1-2-28-17-5-3-4-15(8-17)10-24-12-18-19(13-24)23(27)25(22(18)26)11-16-6-7-20-21(9-16)30-14-29-20/h3-9,18-19H,2,10-14H2,1H3/t18-,19+. The molecule has 0 unspecified atom stereocenters. The summed E-state index contributed by atoms with van der Waals surface area (Å²) in [5.41, 5.74) is 1.99. The van der Waals surface area contributed by atoms with Gasteiger partial charge in [-0.15, -0.1) is 0 Å². The first kappa shape index (κ1) is 18.9. The number of hydrogen-bond donors (Lipinski definition) is 0. The molecule has 0 bridgehead atoms. The SMILES string of the molecule is CCOc1cccc(CN2C[C@@H]3C(=O)N(Cc4ccc5c(c4)OCO5)C(=O)[C@@H]3C2)c1. The largest absolute Gasteiger partial charge is 0.494 e. The molecule has 0 spiro atoms. The van der Waals surface area contributed by atoms with Crippen LogP contribution in [0.5, 0.6) is 17.2 Å². The highest BCUT2D eigenvalue weighted by atomic mass is 16.7. The van der Waals surface area contributed by atoms with Gasteiger partial charge in [0, 0.05) is 19.6 Å². The second-order valence-corrected chi connectivity index (χ2v) is 7.94. The molecule has 7 nitrogen and oxygen atoms in total. The minimum Gasteiger partial charge on any atom is -0.494 e. The van der Waals surface area contributed by atoms with Gasteiger partial charge < -0.3 is 14.2 Å². The van der Waals surface area contributed by atoms with E-state index in [9.17, 15) is 9.59 Å². The number of amides is 2. The maximum atomic E-state index is 13.0. The van der Waals surface area contributed by atoms with Crippen LogP contribution in [-0.4, -0.2) is 48.1 Å². The van der Waals surface area contributed by atoms with E-state index >= 15 is 0 Å². The van der Waals surface area contributed by atoms with Crippen molar-refractivity contribution in [2.24, 2.45) is 11.8 Å². The highest BCUT2D eigenvalue weighted by Gasteiger charge is 2.52. The molecule has 0 aliphatic carbocycles. The van der Waals surface area contributed by atoms with Crippen LogP contribution in [-0.2, 0) is 22.7 Å². The monoisotopic (exact) mass is 408 g/mol. The van der Waals surface area contributed by atoms with Crippen LogP contribution < -0.4 is 14.2 Å². The summed E-state index contributed by atoms with van der Waals surface area (Å²) in [7, 11) is 0. The predicted molar refractivity (Wildman–Crippen MR) is 108 cm³/mol. The fraction of sp³-hybridized carbons (Fsp3) is 0.391. The van der Waals surface area contributed by atoms with Crippen LogP contribution in [0.1, 0.15) is 18.1 Å². The normalized spacial score (nSPS) is 22.6. The molecule has 0 aromatic heterocycles. The second kappa shape index (κ2) is 7.65. The molecule has 2 fully saturated rings. The van der Waals surface area contributed by atoms with Crippen LogP contribution in [0.2, 0.25) is 0 Å². The van der Waals surface area contributed by atoms with Gasteiger partial charge in [0.15, 0.2) is 11.5 Å². The van der Waals surface area contributed by atoms with Crippen molar-refractivity contribution in [2.75, 3.05) is 26.5 Å². The van der Waals surface area contributed by atoms with Gasteiger partial charge in [-0.2, -0.15) is 0 Å². The van der Waals surface area contributed by atoms with E-state index in [-0.39, 0.29) is 37.0 Å². The van der Waals surface area contributed by atoms with Crippen LogP contribution in [0.15, 0.2) is 42.5 Å². The molecule has 2 atom stereocenters. The van der Waals surface area contributed by atoms with Gasteiger partial charge in [-0.3, -0.25) is 19.4 Å². The van der Waals surface area contributed by atoms with Gasteiger partial charge in [-0.25, -0.2) is 0 Å². The lowest BCUT2D eigenvalue weighted by atomic mass is 10.00. The number of carbonyl (C=O) groups excluding carboxylic acids is 2. The molecule has 3 aliphatic heterocycles. The van der Waals surface area contributed by atoms with E-state index < -0.39 is 0 Å². The number of imide groups is 1. The smallest absolute Gasteiger partial charge is 0.234 e. The number of rotatable bonds is 6. The second-order valence-electron chi connectivity index (χ2n) is 7.94. The quantitative estimate of drug-likeness (QED) is 0.684. The number of carbonyl (C=O) groups is 2. The predicted octanol–water partition coefficient (Wildman–Crippen LogP) is 2.43. The number of ether oxygens (including phenoxy) is 3. The molecule has 0 N–H and O–H groups in total. The lowest BCUT2D eigenvalue weighted by Gasteiger charge is -2.21. The molecule has 2 saturated heterocycles. The molecule has 0 radical (unpaired) electrons. The zero-order chi connectivity index (χ0) is 20.7.